The quantitative estimate of drug-likeness (QED) is 0.878. The van der Waals surface area contributed by atoms with Gasteiger partial charge in [-0.3, -0.25) is 4.68 Å². The number of methoxy groups -OCH3 is 2. The number of benzene rings is 1. The van der Waals surface area contributed by atoms with E-state index >= 15 is 0 Å². The van der Waals surface area contributed by atoms with E-state index in [4.69, 9.17) is 9.47 Å². The number of hydrogen-bond donors (Lipinski definition) is 1. The highest BCUT2D eigenvalue weighted by atomic mass is 16.5. The average Bonchev–Trinajstić information content (AvgIpc) is 2.96. The molecule has 2 aromatic rings. The fraction of sp³-hybridized carbons (Fsp3) is 0.400. The van der Waals surface area contributed by atoms with Gasteiger partial charge in [0.15, 0.2) is 0 Å². The molecule has 0 fully saturated rings. The Morgan fingerprint density at radius 1 is 1.15 bits per heavy atom. The van der Waals surface area contributed by atoms with Crippen LogP contribution in [-0.2, 0) is 6.54 Å². The van der Waals surface area contributed by atoms with Crippen molar-refractivity contribution in [2.24, 2.45) is 0 Å². The Hall–Kier alpha value is -2.01. The molecule has 1 N–H and O–H groups in total. The Morgan fingerprint density at radius 2 is 1.80 bits per heavy atom. The molecule has 0 aliphatic carbocycles. The fourth-order valence-corrected chi connectivity index (χ4v) is 2.22. The van der Waals surface area contributed by atoms with E-state index in [1.807, 2.05) is 42.3 Å². The Balaban J connectivity index is 2.40. The number of ether oxygens (including phenoxy) is 2. The van der Waals surface area contributed by atoms with Crippen LogP contribution in [0.15, 0.2) is 30.6 Å². The summed E-state index contributed by atoms with van der Waals surface area (Å²) >= 11 is 0. The summed E-state index contributed by atoms with van der Waals surface area (Å²) in [6, 6.07) is 5.94. The molecule has 108 valence electrons. The van der Waals surface area contributed by atoms with E-state index in [-0.39, 0.29) is 6.04 Å². The number of aryl methyl sites for hydroxylation is 1. The van der Waals surface area contributed by atoms with Crippen molar-refractivity contribution in [3.8, 4) is 11.5 Å². The third-order valence-corrected chi connectivity index (χ3v) is 3.31. The molecule has 1 aromatic heterocycles. The fourth-order valence-electron chi connectivity index (χ4n) is 2.22. The minimum Gasteiger partial charge on any atom is -0.497 e. The van der Waals surface area contributed by atoms with E-state index < -0.39 is 0 Å². The summed E-state index contributed by atoms with van der Waals surface area (Å²) in [6.45, 7) is 2.93. The second-order valence-corrected chi connectivity index (χ2v) is 4.50. The summed E-state index contributed by atoms with van der Waals surface area (Å²) in [7, 11) is 5.24. The van der Waals surface area contributed by atoms with Crippen LogP contribution in [0.5, 0.6) is 11.5 Å². The summed E-state index contributed by atoms with van der Waals surface area (Å²) in [5.41, 5.74) is 2.20. The molecule has 0 spiro atoms. The standard InChI is InChI=1S/C15H21N3O2/c1-5-18-10-12(9-17-18)15(16-2)11-6-13(19-3)8-14(7-11)20-4/h6-10,15-16H,5H2,1-4H3. The minimum atomic E-state index is 0.0549. The van der Waals surface area contributed by atoms with E-state index in [2.05, 4.69) is 17.3 Å². The topological polar surface area (TPSA) is 48.3 Å². The highest BCUT2D eigenvalue weighted by Gasteiger charge is 2.16. The zero-order valence-electron chi connectivity index (χ0n) is 12.4. The maximum atomic E-state index is 5.33. The third-order valence-electron chi connectivity index (χ3n) is 3.31. The van der Waals surface area contributed by atoms with Gasteiger partial charge in [0.25, 0.3) is 0 Å². The molecule has 1 unspecified atom stereocenters. The number of nitrogens with zero attached hydrogens (tertiary/aromatic N) is 2. The molecule has 0 saturated heterocycles. The highest BCUT2D eigenvalue weighted by molar-refractivity contribution is 5.42. The maximum Gasteiger partial charge on any atom is 0.122 e. The molecular weight excluding hydrogens is 254 g/mol. The van der Waals surface area contributed by atoms with Crippen LogP contribution in [0.25, 0.3) is 0 Å². The van der Waals surface area contributed by atoms with Gasteiger partial charge in [0, 0.05) is 24.4 Å². The van der Waals surface area contributed by atoms with Gasteiger partial charge >= 0.3 is 0 Å². The molecule has 0 amide bonds. The average molecular weight is 275 g/mol. The van der Waals surface area contributed by atoms with E-state index in [9.17, 15) is 0 Å². The normalized spacial score (nSPS) is 12.2. The number of hydrogen-bond acceptors (Lipinski definition) is 4. The van der Waals surface area contributed by atoms with Gasteiger partial charge in [-0.2, -0.15) is 5.10 Å². The Labute approximate surface area is 119 Å². The Morgan fingerprint density at radius 3 is 2.25 bits per heavy atom. The van der Waals surface area contributed by atoms with Crippen molar-refractivity contribution in [3.05, 3.63) is 41.7 Å². The van der Waals surface area contributed by atoms with Gasteiger partial charge in [-0.25, -0.2) is 0 Å². The lowest BCUT2D eigenvalue weighted by atomic mass is 10.0. The van der Waals surface area contributed by atoms with Crippen LogP contribution in [0, 0.1) is 0 Å². The highest BCUT2D eigenvalue weighted by Crippen LogP contribution is 2.29. The lowest BCUT2D eigenvalue weighted by molar-refractivity contribution is 0.392. The van der Waals surface area contributed by atoms with E-state index in [1.54, 1.807) is 14.2 Å². The number of nitrogens with one attached hydrogen (secondary N) is 1. The van der Waals surface area contributed by atoms with Crippen molar-refractivity contribution in [2.45, 2.75) is 19.5 Å². The molecule has 1 atom stereocenters. The SMILES string of the molecule is CCn1cc(C(NC)c2cc(OC)cc(OC)c2)cn1. The van der Waals surface area contributed by atoms with Gasteiger partial charge in [0.1, 0.15) is 11.5 Å². The van der Waals surface area contributed by atoms with Crippen molar-refractivity contribution < 1.29 is 9.47 Å². The first kappa shape index (κ1) is 14.4. The molecule has 0 radical (unpaired) electrons. The lowest BCUT2D eigenvalue weighted by Gasteiger charge is -2.17. The lowest BCUT2D eigenvalue weighted by Crippen LogP contribution is -2.17. The Kier molecular flexibility index (Phi) is 4.63. The molecule has 2 rings (SSSR count). The first-order valence-electron chi connectivity index (χ1n) is 6.64. The first-order valence-corrected chi connectivity index (χ1v) is 6.64. The summed E-state index contributed by atoms with van der Waals surface area (Å²) in [6.07, 6.45) is 3.93. The third kappa shape index (κ3) is 2.93. The predicted molar refractivity (Wildman–Crippen MR) is 78.3 cm³/mol. The van der Waals surface area contributed by atoms with Crippen molar-refractivity contribution in [2.75, 3.05) is 21.3 Å². The largest absolute Gasteiger partial charge is 0.497 e. The number of aromatic nitrogens is 2. The van der Waals surface area contributed by atoms with Crippen LogP contribution in [0.3, 0.4) is 0 Å². The summed E-state index contributed by atoms with van der Waals surface area (Å²) in [5.74, 6) is 1.56. The van der Waals surface area contributed by atoms with Crippen LogP contribution in [0.4, 0.5) is 0 Å². The molecule has 1 aromatic carbocycles. The molecule has 0 bridgehead atoms. The molecule has 0 aliphatic heterocycles. The molecule has 0 aliphatic rings. The first-order chi connectivity index (χ1) is 9.71. The van der Waals surface area contributed by atoms with Gasteiger partial charge in [0.2, 0.25) is 0 Å². The molecule has 0 saturated carbocycles. The van der Waals surface area contributed by atoms with E-state index in [0.717, 1.165) is 29.2 Å². The molecule has 1 heterocycles. The van der Waals surface area contributed by atoms with Gasteiger partial charge in [-0.05, 0) is 31.7 Å². The maximum absolute atomic E-state index is 5.33. The van der Waals surface area contributed by atoms with Crippen molar-refractivity contribution in [1.29, 1.82) is 0 Å². The van der Waals surface area contributed by atoms with Crippen LogP contribution >= 0.6 is 0 Å². The summed E-state index contributed by atoms with van der Waals surface area (Å²) < 4.78 is 12.6. The van der Waals surface area contributed by atoms with E-state index in [0.29, 0.717) is 0 Å². The zero-order valence-corrected chi connectivity index (χ0v) is 12.4. The predicted octanol–water partition coefficient (Wildman–Crippen LogP) is 2.23. The number of rotatable bonds is 6. The van der Waals surface area contributed by atoms with E-state index in [1.165, 1.54) is 0 Å². The van der Waals surface area contributed by atoms with Crippen LogP contribution < -0.4 is 14.8 Å². The van der Waals surface area contributed by atoms with Crippen LogP contribution in [0.2, 0.25) is 0 Å². The van der Waals surface area contributed by atoms with Gasteiger partial charge in [-0.15, -0.1) is 0 Å². The van der Waals surface area contributed by atoms with Gasteiger partial charge in [0.05, 0.1) is 26.5 Å². The Bertz CT molecular complexity index is 544. The molecule has 20 heavy (non-hydrogen) atoms. The second kappa shape index (κ2) is 6.43. The van der Waals surface area contributed by atoms with Crippen molar-refractivity contribution in [1.82, 2.24) is 15.1 Å². The van der Waals surface area contributed by atoms with Crippen LogP contribution in [-0.4, -0.2) is 31.0 Å². The minimum absolute atomic E-state index is 0.0549. The molecular formula is C15H21N3O2. The molecule has 5 nitrogen and oxygen atoms in total. The van der Waals surface area contributed by atoms with Crippen molar-refractivity contribution >= 4 is 0 Å². The summed E-state index contributed by atoms with van der Waals surface area (Å²) in [4.78, 5) is 0. The van der Waals surface area contributed by atoms with Gasteiger partial charge in [-0.1, -0.05) is 0 Å². The zero-order chi connectivity index (χ0) is 14.5. The van der Waals surface area contributed by atoms with Gasteiger partial charge < -0.3 is 14.8 Å². The van der Waals surface area contributed by atoms with Crippen molar-refractivity contribution in [3.63, 3.8) is 0 Å². The molecule has 5 heteroatoms. The second-order valence-electron chi connectivity index (χ2n) is 4.50. The summed E-state index contributed by atoms with van der Waals surface area (Å²) in [5, 5.41) is 7.64. The monoisotopic (exact) mass is 275 g/mol. The smallest absolute Gasteiger partial charge is 0.122 e. The van der Waals surface area contributed by atoms with Crippen LogP contribution in [0.1, 0.15) is 24.1 Å².